The molecule has 3 aromatic carbocycles. The molecule has 0 atom stereocenters. The average molecular weight is 596 g/mol. The van der Waals surface area contributed by atoms with E-state index in [1.54, 1.807) is 47.0 Å². The average Bonchev–Trinajstić information content (AvgIpc) is 3.36. The van der Waals surface area contributed by atoms with Crippen LogP contribution >= 0.6 is 0 Å². The molecule has 3 aliphatic rings. The summed E-state index contributed by atoms with van der Waals surface area (Å²) in [7, 11) is -1.88. The number of carbonyl (C=O) groups is 4. The minimum absolute atomic E-state index is 0.0587. The van der Waals surface area contributed by atoms with Crippen LogP contribution in [0.2, 0.25) is 6.04 Å². The van der Waals surface area contributed by atoms with Crippen LogP contribution in [0.15, 0.2) is 60.7 Å². The van der Waals surface area contributed by atoms with Crippen molar-refractivity contribution < 1.29 is 28.3 Å². The summed E-state index contributed by atoms with van der Waals surface area (Å²) in [5, 5.41) is 11.3. The van der Waals surface area contributed by atoms with Crippen LogP contribution < -0.4 is 15.0 Å². The van der Waals surface area contributed by atoms with Gasteiger partial charge in [-0.2, -0.15) is 5.26 Å². The Morgan fingerprint density at radius 2 is 1.84 bits per heavy atom. The number of nitriles is 1. The lowest BCUT2D eigenvalue weighted by molar-refractivity contribution is -0.119. The Balaban J connectivity index is 1.05. The summed E-state index contributed by atoms with van der Waals surface area (Å²) in [6.07, 6.45) is 1.46. The first-order chi connectivity index (χ1) is 20.8. The van der Waals surface area contributed by atoms with E-state index in [0.29, 0.717) is 54.5 Å². The molecule has 2 saturated heterocycles. The van der Waals surface area contributed by atoms with E-state index in [4.69, 9.17) is 10.00 Å². The molecule has 3 aliphatic heterocycles. The molecule has 0 unspecified atom stereocenters. The Hall–Kier alpha value is -4.82. The van der Waals surface area contributed by atoms with Crippen LogP contribution in [0.25, 0.3) is 0 Å². The monoisotopic (exact) mass is 595 g/mol. The van der Waals surface area contributed by atoms with Gasteiger partial charge in [-0.15, -0.1) is 0 Å². The molecule has 0 bridgehead atoms. The second kappa shape index (κ2) is 11.8. The number of amides is 3. The number of hydrogen-bond donors (Lipinski definition) is 1. The third-order valence-corrected chi connectivity index (χ3v) is 10.7. The van der Waals surface area contributed by atoms with Gasteiger partial charge in [0.05, 0.1) is 17.3 Å². The largest absolute Gasteiger partial charge is 0.489 e. The van der Waals surface area contributed by atoms with Gasteiger partial charge in [0.2, 0.25) is 17.3 Å². The van der Waals surface area contributed by atoms with Crippen molar-refractivity contribution in [1.82, 2.24) is 9.88 Å². The zero-order chi connectivity index (χ0) is 30.1. The number of hydrogen-bond acceptors (Lipinski definition) is 7. The van der Waals surface area contributed by atoms with Crippen molar-refractivity contribution in [3.63, 3.8) is 0 Å². The fourth-order valence-electron chi connectivity index (χ4n) is 5.90. The molecule has 0 aliphatic carbocycles. The van der Waals surface area contributed by atoms with Gasteiger partial charge in [-0.1, -0.05) is 30.3 Å². The first kappa shape index (κ1) is 28.3. The molecule has 11 heteroatoms. The minimum Gasteiger partial charge on any atom is -0.489 e. The molecule has 3 aromatic rings. The third kappa shape index (κ3) is 5.66. The van der Waals surface area contributed by atoms with Gasteiger partial charge in [-0.3, -0.25) is 24.5 Å². The quantitative estimate of drug-likeness (QED) is 0.315. The molecule has 9 nitrogen and oxygen atoms in total. The molecule has 1 radical (unpaired) electrons. The van der Waals surface area contributed by atoms with Gasteiger partial charge in [0.15, 0.2) is 5.78 Å². The molecule has 0 saturated carbocycles. The zero-order valence-electron chi connectivity index (χ0n) is 23.3. The number of nitrogens with one attached hydrogen (secondary N) is 1. The van der Waals surface area contributed by atoms with E-state index in [0.717, 1.165) is 11.1 Å². The number of piperidine rings is 1. The second-order valence-electron chi connectivity index (χ2n) is 10.9. The molecule has 43 heavy (non-hydrogen) atoms. The van der Waals surface area contributed by atoms with E-state index >= 15 is 0 Å². The molecule has 3 heterocycles. The second-order valence-corrected chi connectivity index (χ2v) is 13.3. The number of imide groups is 1. The predicted molar refractivity (Wildman–Crippen MR) is 156 cm³/mol. The van der Waals surface area contributed by atoms with E-state index < -0.39 is 14.8 Å². The van der Waals surface area contributed by atoms with Gasteiger partial charge >= 0.3 is 0 Å². The number of rotatable bonds is 7. The van der Waals surface area contributed by atoms with Crippen LogP contribution in [0.1, 0.15) is 56.7 Å². The van der Waals surface area contributed by atoms with E-state index in [1.807, 2.05) is 23.1 Å². The highest BCUT2D eigenvalue weighted by molar-refractivity contribution is 6.90. The Morgan fingerprint density at radius 1 is 1.07 bits per heavy atom. The summed E-state index contributed by atoms with van der Waals surface area (Å²) in [5.74, 6) is -0.478. The summed E-state index contributed by atoms with van der Waals surface area (Å²) in [5.41, 5.74) is 3.08. The van der Waals surface area contributed by atoms with Crippen LogP contribution in [-0.4, -0.2) is 49.7 Å². The van der Waals surface area contributed by atoms with Gasteiger partial charge in [-0.25, -0.2) is 4.39 Å². The lowest BCUT2D eigenvalue weighted by Gasteiger charge is -2.33. The molecule has 0 aromatic heterocycles. The van der Waals surface area contributed by atoms with Crippen LogP contribution in [0.3, 0.4) is 0 Å². The third-order valence-electron chi connectivity index (χ3n) is 8.27. The van der Waals surface area contributed by atoms with Crippen molar-refractivity contribution in [1.29, 1.82) is 5.26 Å². The Kier molecular flexibility index (Phi) is 7.78. The molecular weight excluding hydrogens is 567 g/mol. The van der Waals surface area contributed by atoms with Crippen LogP contribution in [0.5, 0.6) is 5.75 Å². The first-order valence-electron chi connectivity index (χ1n) is 14.2. The fourth-order valence-corrected chi connectivity index (χ4v) is 8.10. The molecule has 2 fully saturated rings. The van der Waals surface area contributed by atoms with E-state index in [1.165, 1.54) is 6.07 Å². The Bertz CT molecular complexity index is 1660. The minimum atomic E-state index is -1.88. The lowest BCUT2D eigenvalue weighted by atomic mass is 9.88. The number of anilines is 1. The first-order valence-corrected chi connectivity index (χ1v) is 15.8. The predicted octanol–water partition coefficient (Wildman–Crippen LogP) is 4.54. The van der Waals surface area contributed by atoms with Crippen LogP contribution in [0.4, 0.5) is 14.9 Å². The van der Waals surface area contributed by atoms with Crippen molar-refractivity contribution in [3.05, 3.63) is 94.3 Å². The standard InChI is InChI=1S/C32H28FN4O5Si/c33-26-16-21(17-34)6-9-27(26)36-13-10-23(11-14-36)30(39)22-7-4-20(5-8-22)19-42-28-3-1-2-24-25(28)18-37(31(24)40)43-15-12-29(38)35-32(43)41/h1-9,16,23H,10-15,18-19H2,(H,35,38,41). The van der Waals surface area contributed by atoms with Crippen molar-refractivity contribution in [3.8, 4) is 11.8 Å². The summed E-state index contributed by atoms with van der Waals surface area (Å²) < 4.78 is 22.1. The number of ketones is 1. The number of halogens is 1. The zero-order valence-corrected chi connectivity index (χ0v) is 24.3. The highest BCUT2D eigenvalue weighted by Gasteiger charge is 2.42. The summed E-state index contributed by atoms with van der Waals surface area (Å²) in [6.45, 7) is 1.61. The number of ether oxygens (including phenoxy) is 1. The normalized spacial score (nSPS) is 17.4. The maximum atomic E-state index is 14.4. The number of Topliss-reactive ketones (excluding diaryl/α,β-unsaturated/α-hetero) is 1. The van der Waals surface area contributed by atoms with Crippen molar-refractivity contribution in [2.75, 3.05) is 18.0 Å². The molecule has 3 amide bonds. The molecule has 0 spiro atoms. The number of fused-ring (bicyclic) bond motifs is 1. The molecule has 217 valence electrons. The van der Waals surface area contributed by atoms with Gasteiger partial charge in [0.1, 0.15) is 18.2 Å². The Morgan fingerprint density at radius 3 is 2.53 bits per heavy atom. The summed E-state index contributed by atoms with van der Waals surface area (Å²) in [6, 6.07) is 19.4. The van der Waals surface area contributed by atoms with E-state index in [-0.39, 0.29) is 54.2 Å². The Labute approximate surface area is 249 Å². The SMILES string of the molecule is N#Cc1ccc(N2CCC(C(=O)c3ccc(COc4cccc5c4CN([Si]4CCC(=O)NC4=O)C5=O)cc3)CC2)c(F)c1. The maximum absolute atomic E-state index is 14.4. The van der Waals surface area contributed by atoms with Crippen molar-refractivity contribution >= 4 is 37.8 Å². The van der Waals surface area contributed by atoms with Crippen LogP contribution in [0, 0.1) is 23.1 Å². The molecule has 6 rings (SSSR count). The topological polar surface area (TPSA) is 120 Å². The van der Waals surface area contributed by atoms with Gasteiger partial charge in [-0.05, 0) is 54.8 Å². The van der Waals surface area contributed by atoms with E-state index in [2.05, 4.69) is 5.32 Å². The van der Waals surface area contributed by atoms with Gasteiger partial charge in [0, 0.05) is 48.7 Å². The highest BCUT2D eigenvalue weighted by Crippen LogP contribution is 2.33. The molecule has 1 N–H and O–H groups in total. The smallest absolute Gasteiger partial charge is 0.285 e. The van der Waals surface area contributed by atoms with Gasteiger partial charge < -0.3 is 14.2 Å². The fraction of sp³-hybridized carbons (Fsp3) is 0.281. The number of carbonyl (C=O) groups excluding carboxylic acids is 4. The number of benzene rings is 3. The van der Waals surface area contributed by atoms with E-state index in [9.17, 15) is 23.6 Å². The van der Waals surface area contributed by atoms with Gasteiger partial charge in [0.25, 0.3) is 8.96 Å². The molecular formula is C32H28FN4O5Si. The van der Waals surface area contributed by atoms with Crippen molar-refractivity contribution in [2.24, 2.45) is 5.92 Å². The summed E-state index contributed by atoms with van der Waals surface area (Å²) in [4.78, 5) is 52.2. The summed E-state index contributed by atoms with van der Waals surface area (Å²) >= 11 is 0. The number of nitrogens with zero attached hydrogens (tertiary/aromatic N) is 3. The maximum Gasteiger partial charge on any atom is 0.285 e. The lowest BCUT2D eigenvalue weighted by Crippen LogP contribution is -2.55. The highest BCUT2D eigenvalue weighted by atomic mass is 28.3. The van der Waals surface area contributed by atoms with Crippen molar-refractivity contribution in [2.45, 2.75) is 38.5 Å². The van der Waals surface area contributed by atoms with Crippen LogP contribution in [-0.2, 0) is 17.9 Å².